The summed E-state index contributed by atoms with van der Waals surface area (Å²) in [4.78, 5) is 15.2. The van der Waals surface area contributed by atoms with E-state index in [1.165, 1.54) is 7.11 Å². The van der Waals surface area contributed by atoms with Gasteiger partial charge in [-0.1, -0.05) is 13.8 Å². The highest BCUT2D eigenvalue weighted by atomic mass is 32.2. The highest BCUT2D eigenvalue weighted by Gasteiger charge is 2.07. The zero-order valence-electron chi connectivity index (χ0n) is 19.6. The van der Waals surface area contributed by atoms with Gasteiger partial charge in [0.05, 0.1) is 19.7 Å². The largest absolute Gasteiger partial charge is 0.422 e. The molecular formula is C24H35N2O4S+. The molecule has 1 aromatic carbocycles. The third-order valence-electron chi connectivity index (χ3n) is 4.59. The Morgan fingerprint density at radius 3 is 2.45 bits per heavy atom. The molecule has 1 heterocycles. The Hall–Kier alpha value is -2.48. The first-order valence-electron chi connectivity index (χ1n) is 10.6. The van der Waals surface area contributed by atoms with Gasteiger partial charge in [-0.2, -0.15) is 0 Å². The highest BCUT2D eigenvalue weighted by Crippen LogP contribution is 2.22. The van der Waals surface area contributed by atoms with Crippen molar-refractivity contribution >= 4 is 33.8 Å². The first-order valence-corrected chi connectivity index (χ1v) is 11.7. The van der Waals surface area contributed by atoms with Crippen molar-refractivity contribution in [3.05, 3.63) is 69.1 Å². The van der Waals surface area contributed by atoms with Crippen LogP contribution in [0.15, 0.2) is 62.3 Å². The SMILES string of the molecule is CC.CCN(CC)c1ccc2cc(/C=C/C(=C/C=C(\C)S(=O)OC)[NH2+]C)c(=O)oc2c1. The number of rotatable bonds is 9. The van der Waals surface area contributed by atoms with E-state index in [9.17, 15) is 9.00 Å². The number of hydrogen-bond donors (Lipinski definition) is 1. The van der Waals surface area contributed by atoms with Crippen molar-refractivity contribution < 1.29 is 18.1 Å². The number of fused-ring (bicyclic) bond motifs is 1. The standard InChI is InChI=1S/C22H28N2O4S.C2H6/c1-6-24(7-2)20-13-10-17-14-18(22(25)28-21(17)15-20)9-12-19(23-4)11-8-16(3)29(26)27-5;1-2/h8-15,23H,6-7H2,1-5H3;1-2H3/p+1/b12-9+,16-8+,19-11-;. The van der Waals surface area contributed by atoms with Crippen LogP contribution in [-0.2, 0) is 15.3 Å². The van der Waals surface area contributed by atoms with Gasteiger partial charge in [-0.05, 0) is 63.3 Å². The van der Waals surface area contributed by atoms with Gasteiger partial charge in [0.2, 0.25) is 0 Å². The van der Waals surface area contributed by atoms with Crippen LogP contribution in [0.25, 0.3) is 17.0 Å². The Morgan fingerprint density at radius 2 is 1.87 bits per heavy atom. The van der Waals surface area contributed by atoms with E-state index >= 15 is 0 Å². The molecule has 7 heteroatoms. The Balaban J connectivity index is 0.00000233. The fraction of sp³-hybridized carbons (Fsp3) is 0.375. The van der Waals surface area contributed by atoms with Crippen molar-refractivity contribution in [3.63, 3.8) is 0 Å². The van der Waals surface area contributed by atoms with Crippen LogP contribution >= 0.6 is 0 Å². The normalized spacial score (nSPS) is 13.3. The van der Waals surface area contributed by atoms with Crippen molar-refractivity contribution in [1.82, 2.24) is 0 Å². The fourth-order valence-electron chi connectivity index (χ4n) is 2.85. The van der Waals surface area contributed by atoms with E-state index in [0.717, 1.165) is 29.9 Å². The maximum absolute atomic E-state index is 12.4. The van der Waals surface area contributed by atoms with Gasteiger partial charge in [0.1, 0.15) is 11.3 Å². The number of hydrogen-bond acceptors (Lipinski definition) is 5. The maximum Gasteiger partial charge on any atom is 0.343 e. The number of nitrogens with two attached hydrogens (primary N) is 1. The monoisotopic (exact) mass is 447 g/mol. The quantitative estimate of drug-likeness (QED) is 0.465. The average molecular weight is 448 g/mol. The van der Waals surface area contributed by atoms with Crippen LogP contribution in [0.2, 0.25) is 0 Å². The van der Waals surface area contributed by atoms with Gasteiger partial charge in [0.15, 0.2) is 11.1 Å². The molecule has 1 atom stereocenters. The molecule has 1 aromatic heterocycles. The van der Waals surface area contributed by atoms with Crippen LogP contribution in [0.3, 0.4) is 0 Å². The second-order valence-electron chi connectivity index (χ2n) is 6.35. The molecule has 0 aliphatic carbocycles. The number of anilines is 1. The molecule has 170 valence electrons. The molecule has 0 aliphatic heterocycles. The second-order valence-corrected chi connectivity index (χ2v) is 7.80. The third-order valence-corrected chi connectivity index (χ3v) is 5.55. The van der Waals surface area contributed by atoms with E-state index in [2.05, 4.69) is 18.7 Å². The van der Waals surface area contributed by atoms with Crippen molar-refractivity contribution in [3.8, 4) is 0 Å². The topological polar surface area (TPSA) is 76.4 Å². The molecule has 0 saturated heterocycles. The van der Waals surface area contributed by atoms with Crippen LogP contribution in [0.4, 0.5) is 5.69 Å². The van der Waals surface area contributed by atoms with Gasteiger partial charge in [-0.25, -0.2) is 9.00 Å². The maximum atomic E-state index is 12.4. The molecule has 1 unspecified atom stereocenters. The van der Waals surface area contributed by atoms with Gasteiger partial charge in [-0.15, -0.1) is 0 Å². The summed E-state index contributed by atoms with van der Waals surface area (Å²) in [5.41, 5.74) is 2.58. The summed E-state index contributed by atoms with van der Waals surface area (Å²) in [6, 6.07) is 7.75. The molecular weight excluding hydrogens is 412 g/mol. The van der Waals surface area contributed by atoms with Crippen LogP contribution in [0, 0.1) is 0 Å². The van der Waals surface area contributed by atoms with Crippen LogP contribution in [-0.4, -0.2) is 31.5 Å². The number of quaternary nitrogens is 1. The summed E-state index contributed by atoms with van der Waals surface area (Å²) in [7, 11) is 3.29. The molecule has 0 radical (unpaired) electrons. The lowest BCUT2D eigenvalue weighted by molar-refractivity contribution is -0.571. The van der Waals surface area contributed by atoms with Crippen molar-refractivity contribution in [1.29, 1.82) is 0 Å². The van der Waals surface area contributed by atoms with Crippen molar-refractivity contribution in [2.75, 3.05) is 32.1 Å². The third kappa shape index (κ3) is 7.61. The van der Waals surface area contributed by atoms with Gasteiger partial charge in [0.25, 0.3) is 0 Å². The van der Waals surface area contributed by atoms with E-state index in [1.807, 2.05) is 62.6 Å². The predicted octanol–water partition coefficient (Wildman–Crippen LogP) is 3.97. The lowest BCUT2D eigenvalue weighted by Gasteiger charge is -2.20. The molecule has 0 saturated carbocycles. The molecule has 0 bridgehead atoms. The molecule has 6 nitrogen and oxygen atoms in total. The van der Waals surface area contributed by atoms with Gasteiger partial charge < -0.3 is 14.6 Å². The van der Waals surface area contributed by atoms with Gasteiger partial charge in [0, 0.05) is 35.1 Å². The highest BCUT2D eigenvalue weighted by molar-refractivity contribution is 7.84. The predicted molar refractivity (Wildman–Crippen MR) is 131 cm³/mol. The van der Waals surface area contributed by atoms with E-state index in [4.69, 9.17) is 8.60 Å². The lowest BCUT2D eigenvalue weighted by Crippen LogP contribution is -2.76. The summed E-state index contributed by atoms with van der Waals surface area (Å²) in [5.74, 6) is 0. The summed E-state index contributed by atoms with van der Waals surface area (Å²) < 4.78 is 21.9. The minimum atomic E-state index is -1.45. The Morgan fingerprint density at radius 1 is 1.19 bits per heavy atom. The molecule has 2 N–H and O–H groups in total. The van der Waals surface area contributed by atoms with Gasteiger partial charge >= 0.3 is 5.63 Å². The van der Waals surface area contributed by atoms with E-state index in [0.29, 0.717) is 16.1 Å². The zero-order valence-corrected chi connectivity index (χ0v) is 20.4. The molecule has 0 spiro atoms. The Kier molecular flexibility index (Phi) is 11.8. The fourth-order valence-corrected chi connectivity index (χ4v) is 3.29. The first-order chi connectivity index (χ1) is 14.9. The summed E-state index contributed by atoms with van der Waals surface area (Å²) >= 11 is -1.45. The summed E-state index contributed by atoms with van der Waals surface area (Å²) in [6.45, 7) is 11.7. The first kappa shape index (κ1) is 26.6. The van der Waals surface area contributed by atoms with Crippen LogP contribution < -0.4 is 15.8 Å². The minimum absolute atomic E-state index is 0.381. The lowest BCUT2D eigenvalue weighted by atomic mass is 10.1. The van der Waals surface area contributed by atoms with E-state index in [1.54, 1.807) is 19.1 Å². The number of benzene rings is 1. The molecule has 2 rings (SSSR count). The van der Waals surface area contributed by atoms with Crippen LogP contribution in [0.1, 0.15) is 40.2 Å². The summed E-state index contributed by atoms with van der Waals surface area (Å²) in [6.07, 6.45) is 7.10. The molecule has 2 aromatic rings. The van der Waals surface area contributed by atoms with Gasteiger partial charge in [-0.3, -0.25) is 4.18 Å². The second kappa shape index (κ2) is 13.7. The summed E-state index contributed by atoms with van der Waals surface area (Å²) in [5, 5.41) is 2.77. The van der Waals surface area contributed by atoms with Crippen molar-refractivity contribution in [2.24, 2.45) is 0 Å². The molecule has 31 heavy (non-hydrogen) atoms. The molecule has 0 aliphatic rings. The van der Waals surface area contributed by atoms with Crippen molar-refractivity contribution in [2.45, 2.75) is 34.6 Å². The average Bonchev–Trinajstić information content (AvgIpc) is 2.80. The van der Waals surface area contributed by atoms with E-state index in [-0.39, 0.29) is 5.63 Å². The number of nitrogens with zero attached hydrogens (tertiary/aromatic N) is 1. The number of likely N-dealkylation sites (N-methyl/N-ethyl adjacent to an activating group) is 1. The minimum Gasteiger partial charge on any atom is -0.422 e. The Bertz CT molecular complexity index is 1020. The number of allylic oxidation sites excluding steroid dienone is 4. The molecule has 0 fully saturated rings. The Labute approximate surface area is 187 Å². The van der Waals surface area contributed by atoms with Crippen LogP contribution in [0.5, 0.6) is 0 Å². The van der Waals surface area contributed by atoms with E-state index < -0.39 is 11.1 Å². The molecule has 0 amide bonds. The zero-order chi connectivity index (χ0) is 23.4. The smallest absolute Gasteiger partial charge is 0.343 e.